The van der Waals surface area contributed by atoms with Gasteiger partial charge in [0.05, 0.1) is 16.3 Å². The van der Waals surface area contributed by atoms with Crippen molar-refractivity contribution in [2.75, 3.05) is 23.1 Å². The van der Waals surface area contributed by atoms with E-state index in [0.29, 0.717) is 23.4 Å². The number of halogens is 4. The fourth-order valence-corrected chi connectivity index (χ4v) is 4.42. The van der Waals surface area contributed by atoms with Gasteiger partial charge in [0, 0.05) is 16.9 Å². The molecule has 0 aromatic heterocycles. The summed E-state index contributed by atoms with van der Waals surface area (Å²) in [5.41, 5.74) is 3.54. The lowest BCUT2D eigenvalue weighted by atomic mass is 10.0. The zero-order chi connectivity index (χ0) is 23.9. The molecule has 0 saturated heterocycles. The number of amides is 1. The molecule has 1 aliphatic heterocycles. The van der Waals surface area contributed by atoms with Gasteiger partial charge in [-0.25, -0.2) is 13.2 Å². The van der Waals surface area contributed by atoms with E-state index < -0.39 is 12.2 Å². The fraction of sp³-hybridized carbons (Fsp3) is 0.240. The maximum atomic E-state index is 13.8. The van der Waals surface area contributed by atoms with Crippen LogP contribution in [0.2, 0.25) is 5.02 Å². The summed E-state index contributed by atoms with van der Waals surface area (Å²) in [5.74, 6) is -0.806. The fourth-order valence-electron chi connectivity index (χ4n) is 4.17. The number of anilines is 3. The van der Waals surface area contributed by atoms with Crippen molar-refractivity contribution in [2.45, 2.75) is 26.7 Å². The molecule has 1 aliphatic rings. The van der Waals surface area contributed by atoms with E-state index >= 15 is 0 Å². The minimum Gasteiger partial charge on any atom is -0.854 e. The number of aryl methyl sites for hydroxylation is 2. The summed E-state index contributed by atoms with van der Waals surface area (Å²) < 4.78 is 40.9. The number of rotatable bonds is 5. The third-order valence-electron chi connectivity index (χ3n) is 5.79. The Morgan fingerprint density at radius 2 is 1.64 bits per heavy atom. The molecular formula is C25H21ClF3N2O2-. The Morgan fingerprint density at radius 3 is 2.27 bits per heavy atom. The molecule has 0 radical (unpaired) electrons. The van der Waals surface area contributed by atoms with E-state index in [4.69, 9.17) is 11.6 Å². The van der Waals surface area contributed by atoms with Gasteiger partial charge < -0.3 is 10.0 Å². The van der Waals surface area contributed by atoms with Crippen molar-refractivity contribution in [3.63, 3.8) is 0 Å². The Morgan fingerprint density at radius 1 is 0.970 bits per heavy atom. The molecule has 0 bridgehead atoms. The highest BCUT2D eigenvalue weighted by Crippen LogP contribution is 2.42. The van der Waals surface area contributed by atoms with Gasteiger partial charge in [-0.1, -0.05) is 23.7 Å². The Balaban J connectivity index is 1.89. The van der Waals surface area contributed by atoms with E-state index in [9.17, 15) is 23.1 Å². The zero-order valence-electron chi connectivity index (χ0n) is 18.0. The Labute approximate surface area is 194 Å². The number of alkyl halides is 2. The van der Waals surface area contributed by atoms with Crippen LogP contribution in [0.5, 0.6) is 0 Å². The number of carbonyl (C=O) groups excluding carboxylic acids is 1. The summed E-state index contributed by atoms with van der Waals surface area (Å²) in [6, 6.07) is 12.1. The quantitative estimate of drug-likeness (QED) is 0.478. The number of benzene rings is 3. The first-order valence-corrected chi connectivity index (χ1v) is 10.7. The summed E-state index contributed by atoms with van der Waals surface area (Å²) >= 11 is 6.10. The molecule has 4 nitrogen and oxygen atoms in total. The first-order valence-electron chi connectivity index (χ1n) is 10.4. The van der Waals surface area contributed by atoms with Crippen LogP contribution in [-0.2, 0) is 6.42 Å². The summed E-state index contributed by atoms with van der Waals surface area (Å²) in [7, 11) is 0. The second kappa shape index (κ2) is 9.08. The van der Waals surface area contributed by atoms with Crippen LogP contribution in [0.1, 0.15) is 39.0 Å². The van der Waals surface area contributed by atoms with Gasteiger partial charge in [-0.05, 0) is 73.4 Å². The van der Waals surface area contributed by atoms with Crippen molar-refractivity contribution in [1.29, 1.82) is 0 Å². The first-order chi connectivity index (χ1) is 15.7. The van der Waals surface area contributed by atoms with Crippen LogP contribution in [0.25, 0.3) is 0 Å². The Bertz CT molecular complexity index is 1230. The molecule has 0 spiro atoms. The third kappa shape index (κ3) is 4.30. The highest BCUT2D eigenvalue weighted by atomic mass is 35.5. The smallest absolute Gasteiger partial charge is 0.265 e. The lowest BCUT2D eigenvalue weighted by Gasteiger charge is -2.39. The monoisotopic (exact) mass is 473 g/mol. The Kier molecular flexibility index (Phi) is 6.36. The number of hydrogen-bond donors (Lipinski definition) is 0. The molecular weight excluding hydrogens is 453 g/mol. The third-order valence-corrected chi connectivity index (χ3v) is 6.12. The molecule has 33 heavy (non-hydrogen) atoms. The SMILES string of the molecule is Cc1cc(CC[O-])ccc1N1CN(c2ccc(F)cc2C)c2cc(C(F)F)c(Cl)cc2C1=O. The van der Waals surface area contributed by atoms with Crippen molar-refractivity contribution >= 4 is 34.6 Å². The average Bonchev–Trinajstić information content (AvgIpc) is 2.75. The normalized spacial score (nSPS) is 13.6. The summed E-state index contributed by atoms with van der Waals surface area (Å²) in [6.45, 7) is 3.35. The first kappa shape index (κ1) is 23.1. The maximum Gasteiger partial charge on any atom is 0.265 e. The van der Waals surface area contributed by atoms with E-state index in [2.05, 4.69) is 0 Å². The Hall–Kier alpha value is -3.03. The average molecular weight is 474 g/mol. The highest BCUT2D eigenvalue weighted by molar-refractivity contribution is 6.32. The van der Waals surface area contributed by atoms with Gasteiger partial charge in [0.2, 0.25) is 0 Å². The highest BCUT2D eigenvalue weighted by Gasteiger charge is 2.34. The summed E-state index contributed by atoms with van der Waals surface area (Å²) in [5, 5.41) is 10.8. The lowest BCUT2D eigenvalue weighted by Crippen LogP contribution is -2.45. The van der Waals surface area contributed by atoms with Crippen LogP contribution in [-0.4, -0.2) is 19.2 Å². The van der Waals surface area contributed by atoms with Gasteiger partial charge >= 0.3 is 0 Å². The zero-order valence-corrected chi connectivity index (χ0v) is 18.8. The summed E-state index contributed by atoms with van der Waals surface area (Å²) in [4.78, 5) is 16.7. The largest absolute Gasteiger partial charge is 0.854 e. The van der Waals surface area contributed by atoms with Crippen LogP contribution in [0.15, 0.2) is 48.5 Å². The number of carbonyl (C=O) groups is 1. The van der Waals surface area contributed by atoms with Crippen molar-refractivity contribution in [2.24, 2.45) is 0 Å². The van der Waals surface area contributed by atoms with Crippen LogP contribution < -0.4 is 14.9 Å². The molecule has 1 amide bonds. The molecule has 3 aromatic rings. The van der Waals surface area contributed by atoms with E-state index in [0.717, 1.165) is 11.1 Å². The van der Waals surface area contributed by atoms with E-state index in [-0.39, 0.29) is 41.0 Å². The second-order valence-corrected chi connectivity index (χ2v) is 8.41. The predicted octanol–water partition coefficient (Wildman–Crippen LogP) is 5.69. The van der Waals surface area contributed by atoms with Crippen molar-refractivity contribution in [3.8, 4) is 0 Å². The van der Waals surface area contributed by atoms with Crippen molar-refractivity contribution < 1.29 is 23.1 Å². The van der Waals surface area contributed by atoms with Crippen molar-refractivity contribution in [1.82, 2.24) is 0 Å². The molecule has 8 heteroatoms. The molecule has 0 aliphatic carbocycles. The minimum absolute atomic E-state index is 0.0321. The standard InChI is InChI=1S/C25H21ClF3N2O2/c1-14-9-16(7-8-32)3-5-22(14)31-13-30(21-6-4-17(27)10-15(21)2)23-12-18(24(28)29)20(26)11-19(23)25(31)33/h3-6,9-12,24H,7-8,13H2,1-2H3/q-1. The topological polar surface area (TPSA) is 46.6 Å². The van der Waals surface area contributed by atoms with Gasteiger partial charge in [-0.3, -0.25) is 9.69 Å². The second-order valence-electron chi connectivity index (χ2n) is 8.00. The van der Waals surface area contributed by atoms with Crippen LogP contribution in [0.3, 0.4) is 0 Å². The van der Waals surface area contributed by atoms with Gasteiger partial charge in [0.1, 0.15) is 12.5 Å². The molecule has 0 N–H and O–H groups in total. The molecule has 0 fully saturated rings. The minimum atomic E-state index is -2.82. The number of fused-ring (bicyclic) bond motifs is 1. The van der Waals surface area contributed by atoms with Crippen LogP contribution in [0, 0.1) is 19.7 Å². The molecule has 1 heterocycles. The van der Waals surface area contributed by atoms with Crippen molar-refractivity contribution in [3.05, 3.63) is 87.2 Å². The number of nitrogens with zero attached hydrogens (tertiary/aromatic N) is 2. The molecule has 4 rings (SSSR count). The van der Waals surface area contributed by atoms with Gasteiger partial charge in [0.25, 0.3) is 12.3 Å². The summed E-state index contributed by atoms with van der Waals surface area (Å²) in [6.07, 6.45) is -2.44. The lowest BCUT2D eigenvalue weighted by molar-refractivity contribution is -0.366. The van der Waals surface area contributed by atoms with E-state index in [1.54, 1.807) is 30.0 Å². The molecule has 3 aromatic carbocycles. The number of hydrogen-bond acceptors (Lipinski definition) is 3. The van der Waals surface area contributed by atoms with E-state index in [1.807, 2.05) is 13.0 Å². The molecule has 0 saturated carbocycles. The molecule has 0 unspecified atom stereocenters. The maximum absolute atomic E-state index is 13.8. The molecule has 172 valence electrons. The van der Waals surface area contributed by atoms with Gasteiger partial charge in [-0.2, -0.15) is 0 Å². The predicted molar refractivity (Wildman–Crippen MR) is 121 cm³/mol. The van der Waals surface area contributed by atoms with Gasteiger partial charge in [0.15, 0.2) is 0 Å². The van der Waals surface area contributed by atoms with Gasteiger partial charge in [-0.15, -0.1) is 6.61 Å². The van der Waals surface area contributed by atoms with E-state index in [1.165, 1.54) is 29.2 Å². The van der Waals surface area contributed by atoms with Crippen LogP contribution >= 0.6 is 11.6 Å². The van der Waals surface area contributed by atoms with Crippen LogP contribution in [0.4, 0.5) is 30.2 Å². The molecule has 0 atom stereocenters.